The summed E-state index contributed by atoms with van der Waals surface area (Å²) in [6.45, 7) is 0. The van der Waals surface area contributed by atoms with Crippen LogP contribution in [0, 0.1) is 10.1 Å². The van der Waals surface area contributed by atoms with E-state index < -0.39 is 0 Å². The zero-order valence-corrected chi connectivity index (χ0v) is 11.7. The molecule has 1 fully saturated rings. The number of nitrogens with two attached hydrogens (primary N) is 1. The number of nitrogens with zero attached hydrogens (tertiary/aromatic N) is 1. The SMILES string of the molecule is NC1(Cc2ccc(Cl)cc2[N+](=O)[O-])CCCCCC1. The molecule has 0 radical (unpaired) electrons. The second kappa shape index (κ2) is 5.88. The third-order valence-corrected chi connectivity index (χ3v) is 4.12. The van der Waals surface area contributed by atoms with Crippen LogP contribution < -0.4 is 5.73 Å². The van der Waals surface area contributed by atoms with E-state index >= 15 is 0 Å². The van der Waals surface area contributed by atoms with Crippen LogP contribution in [-0.2, 0) is 6.42 Å². The predicted molar refractivity (Wildman–Crippen MR) is 76.4 cm³/mol. The van der Waals surface area contributed by atoms with Gasteiger partial charge in [-0.3, -0.25) is 10.1 Å². The van der Waals surface area contributed by atoms with E-state index in [1.165, 1.54) is 18.9 Å². The molecule has 4 nitrogen and oxygen atoms in total. The number of hydrogen-bond donors (Lipinski definition) is 1. The summed E-state index contributed by atoms with van der Waals surface area (Å²) in [4.78, 5) is 10.7. The molecule has 5 heteroatoms. The van der Waals surface area contributed by atoms with E-state index in [0.29, 0.717) is 17.0 Å². The van der Waals surface area contributed by atoms with Crippen molar-refractivity contribution >= 4 is 17.3 Å². The lowest BCUT2D eigenvalue weighted by molar-refractivity contribution is -0.385. The maximum Gasteiger partial charge on any atom is 0.274 e. The zero-order chi connectivity index (χ0) is 13.9. The van der Waals surface area contributed by atoms with Gasteiger partial charge >= 0.3 is 0 Å². The topological polar surface area (TPSA) is 69.2 Å². The minimum Gasteiger partial charge on any atom is -0.325 e. The van der Waals surface area contributed by atoms with Crippen LogP contribution in [0.15, 0.2) is 18.2 Å². The summed E-state index contributed by atoms with van der Waals surface area (Å²) in [7, 11) is 0. The first-order valence-electron chi connectivity index (χ1n) is 6.72. The maximum atomic E-state index is 11.1. The van der Waals surface area contributed by atoms with E-state index in [-0.39, 0.29) is 16.1 Å². The highest BCUT2D eigenvalue weighted by molar-refractivity contribution is 6.30. The Hall–Kier alpha value is -1.13. The van der Waals surface area contributed by atoms with Crippen LogP contribution in [0.1, 0.15) is 44.1 Å². The molecular weight excluding hydrogens is 264 g/mol. The van der Waals surface area contributed by atoms with Gasteiger partial charge in [0.25, 0.3) is 5.69 Å². The summed E-state index contributed by atoms with van der Waals surface area (Å²) >= 11 is 5.83. The van der Waals surface area contributed by atoms with E-state index in [0.717, 1.165) is 25.7 Å². The molecule has 0 heterocycles. The Morgan fingerprint density at radius 3 is 2.47 bits per heavy atom. The standard InChI is InChI=1S/C14H19ClN2O2/c15-12-6-5-11(13(9-12)17(18)19)10-14(16)7-3-1-2-4-8-14/h5-6,9H,1-4,7-8,10,16H2. The third kappa shape index (κ3) is 3.67. The van der Waals surface area contributed by atoms with E-state index in [1.54, 1.807) is 12.1 Å². The van der Waals surface area contributed by atoms with Gasteiger partial charge < -0.3 is 5.73 Å². The maximum absolute atomic E-state index is 11.1. The van der Waals surface area contributed by atoms with E-state index in [4.69, 9.17) is 17.3 Å². The van der Waals surface area contributed by atoms with Crippen LogP contribution in [0.25, 0.3) is 0 Å². The van der Waals surface area contributed by atoms with E-state index in [2.05, 4.69) is 0 Å². The van der Waals surface area contributed by atoms with Crippen LogP contribution in [0.3, 0.4) is 0 Å². The quantitative estimate of drug-likeness (QED) is 0.520. The Morgan fingerprint density at radius 1 is 1.26 bits per heavy atom. The largest absolute Gasteiger partial charge is 0.325 e. The fourth-order valence-electron chi connectivity index (χ4n) is 2.85. The molecule has 19 heavy (non-hydrogen) atoms. The average molecular weight is 283 g/mol. The van der Waals surface area contributed by atoms with Crippen molar-refractivity contribution in [1.82, 2.24) is 0 Å². The van der Waals surface area contributed by atoms with Gasteiger partial charge in [0, 0.05) is 22.2 Å². The summed E-state index contributed by atoms with van der Waals surface area (Å²) in [5.41, 5.74) is 6.91. The number of rotatable bonds is 3. The summed E-state index contributed by atoms with van der Waals surface area (Å²) in [6, 6.07) is 4.85. The average Bonchev–Trinajstić information content (AvgIpc) is 2.56. The van der Waals surface area contributed by atoms with Crippen molar-refractivity contribution < 1.29 is 4.92 Å². The number of nitro groups is 1. The molecule has 1 saturated carbocycles. The molecule has 0 aliphatic heterocycles. The molecule has 1 aliphatic rings. The van der Waals surface area contributed by atoms with Crippen molar-refractivity contribution in [3.05, 3.63) is 38.9 Å². The van der Waals surface area contributed by atoms with Gasteiger partial charge in [0.1, 0.15) is 0 Å². The lowest BCUT2D eigenvalue weighted by atomic mass is 9.84. The number of halogens is 1. The number of nitro benzene ring substituents is 1. The molecule has 0 spiro atoms. The predicted octanol–water partition coefficient (Wildman–Crippen LogP) is 3.84. The summed E-state index contributed by atoms with van der Waals surface area (Å²) < 4.78 is 0. The molecular formula is C14H19ClN2O2. The van der Waals surface area contributed by atoms with Gasteiger partial charge in [-0.05, 0) is 25.3 Å². The van der Waals surface area contributed by atoms with Gasteiger partial charge in [-0.2, -0.15) is 0 Å². The molecule has 1 aliphatic carbocycles. The van der Waals surface area contributed by atoms with Crippen LogP contribution in [0.4, 0.5) is 5.69 Å². The van der Waals surface area contributed by atoms with Gasteiger partial charge in [-0.15, -0.1) is 0 Å². The highest BCUT2D eigenvalue weighted by Gasteiger charge is 2.29. The normalized spacial score (nSPS) is 18.8. The summed E-state index contributed by atoms with van der Waals surface area (Å²) in [5.74, 6) is 0. The monoisotopic (exact) mass is 282 g/mol. The third-order valence-electron chi connectivity index (χ3n) is 3.89. The van der Waals surface area contributed by atoms with Crippen molar-refractivity contribution in [3.63, 3.8) is 0 Å². The molecule has 104 valence electrons. The first-order chi connectivity index (χ1) is 9.00. The summed E-state index contributed by atoms with van der Waals surface area (Å²) in [5, 5.41) is 11.5. The molecule has 0 aromatic heterocycles. The number of benzene rings is 1. The first-order valence-corrected chi connectivity index (χ1v) is 7.10. The molecule has 2 N–H and O–H groups in total. The minimum atomic E-state index is -0.374. The van der Waals surface area contributed by atoms with Crippen molar-refractivity contribution in [2.45, 2.75) is 50.5 Å². The Labute approximate surface area is 118 Å². The second-order valence-electron chi connectivity index (χ2n) is 5.48. The van der Waals surface area contributed by atoms with Gasteiger partial charge in [-0.1, -0.05) is 43.4 Å². The fourth-order valence-corrected chi connectivity index (χ4v) is 3.01. The van der Waals surface area contributed by atoms with Crippen molar-refractivity contribution in [1.29, 1.82) is 0 Å². The molecule has 0 atom stereocenters. The Morgan fingerprint density at radius 2 is 1.89 bits per heavy atom. The molecule has 1 aromatic carbocycles. The summed E-state index contributed by atoms with van der Waals surface area (Å²) in [6.07, 6.45) is 7.07. The highest BCUT2D eigenvalue weighted by Crippen LogP contribution is 2.32. The molecule has 0 saturated heterocycles. The lowest BCUT2D eigenvalue weighted by Gasteiger charge is -2.28. The highest BCUT2D eigenvalue weighted by atomic mass is 35.5. The Bertz CT molecular complexity index is 469. The minimum absolute atomic E-state index is 0.0848. The van der Waals surface area contributed by atoms with Crippen LogP contribution in [0.2, 0.25) is 5.02 Å². The van der Waals surface area contributed by atoms with Crippen LogP contribution in [0.5, 0.6) is 0 Å². The zero-order valence-electron chi connectivity index (χ0n) is 10.9. The second-order valence-corrected chi connectivity index (χ2v) is 5.92. The van der Waals surface area contributed by atoms with Gasteiger partial charge in [-0.25, -0.2) is 0 Å². The Kier molecular flexibility index (Phi) is 4.42. The fraction of sp³-hybridized carbons (Fsp3) is 0.571. The number of hydrogen-bond acceptors (Lipinski definition) is 3. The molecule has 2 rings (SSSR count). The van der Waals surface area contributed by atoms with Crippen molar-refractivity contribution in [3.8, 4) is 0 Å². The lowest BCUT2D eigenvalue weighted by Crippen LogP contribution is -2.41. The van der Waals surface area contributed by atoms with Crippen LogP contribution in [-0.4, -0.2) is 10.5 Å². The van der Waals surface area contributed by atoms with Crippen molar-refractivity contribution in [2.75, 3.05) is 0 Å². The van der Waals surface area contributed by atoms with Gasteiger partial charge in [0.2, 0.25) is 0 Å². The Balaban J connectivity index is 2.24. The van der Waals surface area contributed by atoms with Gasteiger partial charge in [0.05, 0.1) is 4.92 Å². The molecule has 0 amide bonds. The molecule has 0 unspecified atom stereocenters. The van der Waals surface area contributed by atoms with E-state index in [9.17, 15) is 10.1 Å². The van der Waals surface area contributed by atoms with E-state index in [1.807, 2.05) is 0 Å². The molecule has 1 aromatic rings. The van der Waals surface area contributed by atoms with Crippen LogP contribution >= 0.6 is 11.6 Å². The van der Waals surface area contributed by atoms with Gasteiger partial charge in [0.15, 0.2) is 0 Å². The molecule has 0 bridgehead atoms. The smallest absolute Gasteiger partial charge is 0.274 e. The van der Waals surface area contributed by atoms with Crippen molar-refractivity contribution in [2.24, 2.45) is 5.73 Å². The first kappa shape index (κ1) is 14.3.